The van der Waals surface area contributed by atoms with Crippen LogP contribution in [0, 0.1) is 11.3 Å². The maximum Gasteiger partial charge on any atom is 0.338 e. The van der Waals surface area contributed by atoms with E-state index in [0.717, 1.165) is 5.56 Å². The summed E-state index contributed by atoms with van der Waals surface area (Å²) in [6.07, 6.45) is 1.55. The fourth-order valence-electron chi connectivity index (χ4n) is 2.24. The molecular weight excluding hydrogens is 304 g/mol. The molecule has 1 N–H and O–H groups in total. The standard InChI is InChI=1S/C18H16N4O2/c1-18(2,3)24-17(23)12-6-4-11(5-7-12)15-21-14-13(10-19)8-9-20-16(14)22-15/h4-9H,1-3H3,(H,20,21,22). The Hall–Kier alpha value is -3.20. The highest BCUT2D eigenvalue weighted by molar-refractivity contribution is 5.90. The van der Waals surface area contributed by atoms with Crippen LogP contribution in [-0.4, -0.2) is 26.5 Å². The predicted molar refractivity (Wildman–Crippen MR) is 89.2 cm³/mol. The number of pyridine rings is 1. The Kier molecular flexibility index (Phi) is 3.78. The van der Waals surface area contributed by atoms with Crippen molar-refractivity contribution in [1.82, 2.24) is 15.0 Å². The molecule has 0 spiro atoms. The van der Waals surface area contributed by atoms with Crippen LogP contribution in [0.4, 0.5) is 0 Å². The number of benzene rings is 1. The molecule has 0 aliphatic heterocycles. The van der Waals surface area contributed by atoms with Crippen LogP contribution in [0.2, 0.25) is 0 Å². The van der Waals surface area contributed by atoms with E-state index in [4.69, 9.17) is 10.00 Å². The molecule has 0 unspecified atom stereocenters. The Bertz CT molecular complexity index is 944. The van der Waals surface area contributed by atoms with Gasteiger partial charge in [-0.2, -0.15) is 5.26 Å². The number of ether oxygens (including phenoxy) is 1. The van der Waals surface area contributed by atoms with E-state index < -0.39 is 5.60 Å². The van der Waals surface area contributed by atoms with Gasteiger partial charge in [0.25, 0.3) is 0 Å². The zero-order valence-electron chi connectivity index (χ0n) is 13.6. The molecule has 0 aliphatic rings. The molecule has 3 aromatic rings. The molecule has 2 heterocycles. The van der Waals surface area contributed by atoms with E-state index in [2.05, 4.69) is 21.0 Å². The number of fused-ring (bicyclic) bond motifs is 1. The summed E-state index contributed by atoms with van der Waals surface area (Å²) in [6.45, 7) is 5.48. The summed E-state index contributed by atoms with van der Waals surface area (Å²) < 4.78 is 5.34. The van der Waals surface area contributed by atoms with Crippen molar-refractivity contribution in [2.24, 2.45) is 0 Å². The molecule has 24 heavy (non-hydrogen) atoms. The molecule has 2 aromatic heterocycles. The molecule has 0 fully saturated rings. The lowest BCUT2D eigenvalue weighted by Crippen LogP contribution is -2.23. The third kappa shape index (κ3) is 3.10. The second kappa shape index (κ2) is 5.78. The third-order valence-corrected chi connectivity index (χ3v) is 3.31. The number of nitrogens with zero attached hydrogens (tertiary/aromatic N) is 3. The molecule has 3 rings (SSSR count). The van der Waals surface area contributed by atoms with E-state index >= 15 is 0 Å². The molecule has 0 saturated heterocycles. The molecule has 0 amide bonds. The monoisotopic (exact) mass is 320 g/mol. The highest BCUT2D eigenvalue weighted by Crippen LogP contribution is 2.22. The lowest BCUT2D eigenvalue weighted by atomic mass is 10.1. The number of H-pyrrole nitrogens is 1. The van der Waals surface area contributed by atoms with Gasteiger partial charge in [0.15, 0.2) is 5.65 Å². The fraction of sp³-hybridized carbons (Fsp3) is 0.222. The van der Waals surface area contributed by atoms with Gasteiger partial charge in [-0.15, -0.1) is 0 Å². The van der Waals surface area contributed by atoms with Gasteiger partial charge in [0.2, 0.25) is 0 Å². The van der Waals surface area contributed by atoms with Crippen LogP contribution in [0.3, 0.4) is 0 Å². The SMILES string of the molecule is CC(C)(C)OC(=O)c1ccc(-c2nc3nccc(C#N)c3[nH]2)cc1. The summed E-state index contributed by atoms with van der Waals surface area (Å²) in [7, 11) is 0. The van der Waals surface area contributed by atoms with Crippen molar-refractivity contribution < 1.29 is 9.53 Å². The fourth-order valence-corrected chi connectivity index (χ4v) is 2.24. The van der Waals surface area contributed by atoms with E-state index in [1.54, 1.807) is 36.5 Å². The predicted octanol–water partition coefficient (Wildman–Crippen LogP) is 3.45. The first-order chi connectivity index (χ1) is 11.4. The highest BCUT2D eigenvalue weighted by atomic mass is 16.6. The first kappa shape index (κ1) is 15.7. The molecule has 0 saturated carbocycles. The summed E-state index contributed by atoms with van der Waals surface area (Å²) in [6, 6.07) is 10.7. The average molecular weight is 320 g/mol. The largest absolute Gasteiger partial charge is 0.456 e. The number of carbonyl (C=O) groups excluding carboxylic acids is 1. The number of nitrogens with one attached hydrogen (secondary N) is 1. The number of hydrogen-bond acceptors (Lipinski definition) is 5. The highest BCUT2D eigenvalue weighted by Gasteiger charge is 2.18. The van der Waals surface area contributed by atoms with Crippen molar-refractivity contribution in [3.63, 3.8) is 0 Å². The second-order valence-electron chi connectivity index (χ2n) is 6.33. The molecule has 6 nitrogen and oxygen atoms in total. The summed E-state index contributed by atoms with van der Waals surface area (Å²) >= 11 is 0. The van der Waals surface area contributed by atoms with E-state index in [9.17, 15) is 4.79 Å². The summed E-state index contributed by atoms with van der Waals surface area (Å²) in [5.74, 6) is 0.225. The Labute approximate surface area is 139 Å². The number of imidazole rings is 1. The van der Waals surface area contributed by atoms with Crippen LogP contribution in [0.15, 0.2) is 36.5 Å². The number of hydrogen-bond donors (Lipinski definition) is 1. The van der Waals surface area contributed by atoms with Gasteiger partial charge in [0.1, 0.15) is 23.0 Å². The summed E-state index contributed by atoms with van der Waals surface area (Å²) in [5, 5.41) is 9.13. The van der Waals surface area contributed by atoms with Gasteiger partial charge in [-0.3, -0.25) is 0 Å². The number of nitriles is 1. The van der Waals surface area contributed by atoms with Crippen LogP contribution in [0.25, 0.3) is 22.6 Å². The normalized spacial score (nSPS) is 11.2. The van der Waals surface area contributed by atoms with Crippen LogP contribution in [0.1, 0.15) is 36.7 Å². The maximum absolute atomic E-state index is 12.0. The van der Waals surface area contributed by atoms with Gasteiger partial charge in [0, 0.05) is 11.8 Å². The lowest BCUT2D eigenvalue weighted by Gasteiger charge is -2.19. The van der Waals surface area contributed by atoms with E-state index in [1.807, 2.05) is 20.8 Å². The molecule has 1 aromatic carbocycles. The minimum absolute atomic E-state index is 0.368. The molecule has 0 radical (unpaired) electrons. The number of rotatable bonds is 2. The van der Waals surface area contributed by atoms with Gasteiger partial charge < -0.3 is 9.72 Å². The van der Waals surface area contributed by atoms with Gasteiger partial charge in [0.05, 0.1) is 11.1 Å². The van der Waals surface area contributed by atoms with E-state index in [0.29, 0.717) is 28.1 Å². The minimum atomic E-state index is -0.534. The summed E-state index contributed by atoms with van der Waals surface area (Å²) in [5.41, 5.74) is 2.31. The maximum atomic E-state index is 12.0. The first-order valence-corrected chi connectivity index (χ1v) is 7.46. The molecule has 0 bridgehead atoms. The van der Waals surface area contributed by atoms with Crippen LogP contribution in [0.5, 0.6) is 0 Å². The van der Waals surface area contributed by atoms with Crippen molar-refractivity contribution in [3.8, 4) is 17.5 Å². The first-order valence-electron chi connectivity index (χ1n) is 7.46. The molecule has 6 heteroatoms. The minimum Gasteiger partial charge on any atom is -0.456 e. The van der Waals surface area contributed by atoms with Crippen LogP contribution >= 0.6 is 0 Å². The average Bonchev–Trinajstić information content (AvgIpc) is 2.97. The Morgan fingerprint density at radius 1 is 1.21 bits per heavy atom. The molecule has 0 atom stereocenters. The zero-order valence-corrected chi connectivity index (χ0v) is 13.6. The number of carbonyl (C=O) groups is 1. The van der Waals surface area contributed by atoms with Crippen molar-refractivity contribution in [3.05, 3.63) is 47.7 Å². The Morgan fingerprint density at radius 3 is 2.54 bits per heavy atom. The van der Waals surface area contributed by atoms with Crippen molar-refractivity contribution in [2.45, 2.75) is 26.4 Å². The molecule has 0 aliphatic carbocycles. The van der Waals surface area contributed by atoms with Gasteiger partial charge in [-0.1, -0.05) is 12.1 Å². The van der Waals surface area contributed by atoms with Crippen molar-refractivity contribution in [2.75, 3.05) is 0 Å². The Morgan fingerprint density at radius 2 is 1.92 bits per heavy atom. The zero-order chi connectivity index (χ0) is 17.3. The van der Waals surface area contributed by atoms with Crippen LogP contribution in [-0.2, 0) is 4.74 Å². The quantitative estimate of drug-likeness (QED) is 0.730. The third-order valence-electron chi connectivity index (χ3n) is 3.31. The smallest absolute Gasteiger partial charge is 0.338 e. The van der Waals surface area contributed by atoms with E-state index in [1.165, 1.54) is 0 Å². The van der Waals surface area contributed by atoms with Crippen molar-refractivity contribution >= 4 is 17.1 Å². The second-order valence-corrected chi connectivity index (χ2v) is 6.33. The molecule has 120 valence electrons. The number of aromatic nitrogens is 3. The number of aromatic amines is 1. The number of esters is 1. The molecular formula is C18H16N4O2. The van der Waals surface area contributed by atoms with Crippen molar-refractivity contribution in [1.29, 1.82) is 5.26 Å². The Balaban J connectivity index is 1.91. The van der Waals surface area contributed by atoms with Crippen LogP contribution < -0.4 is 0 Å². The van der Waals surface area contributed by atoms with E-state index in [-0.39, 0.29) is 5.97 Å². The summed E-state index contributed by atoms with van der Waals surface area (Å²) in [4.78, 5) is 23.7. The topological polar surface area (TPSA) is 91.7 Å². The lowest BCUT2D eigenvalue weighted by molar-refractivity contribution is 0.00695. The van der Waals surface area contributed by atoms with Gasteiger partial charge >= 0.3 is 5.97 Å². The van der Waals surface area contributed by atoms with Gasteiger partial charge in [-0.05, 0) is 39.0 Å². The van der Waals surface area contributed by atoms with Gasteiger partial charge in [-0.25, -0.2) is 14.8 Å².